The SMILES string of the molecule is Cc1c(-c2cn(C)c3c(-c4cccc(C(F)(F)F)c4)cccc23)nc2ccc(F)cc2c1C(=O)[O-].[Na+]. The smallest absolute Gasteiger partial charge is 0.545 e. The van der Waals surface area contributed by atoms with Gasteiger partial charge in [-0.05, 0) is 48.4 Å². The second-order valence-corrected chi connectivity index (χ2v) is 8.34. The zero-order valence-corrected chi connectivity index (χ0v) is 21.6. The Kier molecular flexibility index (Phi) is 6.72. The van der Waals surface area contributed by atoms with Gasteiger partial charge in [0.05, 0.1) is 28.3 Å². The predicted molar refractivity (Wildman–Crippen MR) is 123 cm³/mol. The Morgan fingerprint density at radius 2 is 1.69 bits per heavy atom. The number of nitrogens with zero attached hydrogens (tertiary/aromatic N) is 2. The number of carboxylic acid groups (broad SMARTS) is 1. The van der Waals surface area contributed by atoms with Crippen molar-refractivity contribution in [3.05, 3.63) is 89.4 Å². The summed E-state index contributed by atoms with van der Waals surface area (Å²) in [5.74, 6) is -2.04. The van der Waals surface area contributed by atoms with Gasteiger partial charge in [-0.2, -0.15) is 13.2 Å². The minimum atomic E-state index is -4.48. The molecule has 4 nitrogen and oxygen atoms in total. The van der Waals surface area contributed by atoms with Crippen molar-refractivity contribution in [2.45, 2.75) is 13.1 Å². The number of halogens is 4. The summed E-state index contributed by atoms with van der Waals surface area (Å²) in [6.45, 7) is 1.58. The number of rotatable bonds is 3. The van der Waals surface area contributed by atoms with Gasteiger partial charge in [0, 0.05) is 40.7 Å². The molecule has 0 aliphatic carbocycles. The molecule has 0 amide bonds. The molecule has 5 aromatic rings. The van der Waals surface area contributed by atoms with Gasteiger partial charge in [0.15, 0.2) is 0 Å². The van der Waals surface area contributed by atoms with Crippen LogP contribution in [0.1, 0.15) is 21.5 Å². The molecule has 5 rings (SSSR count). The first kappa shape index (κ1) is 25.9. The Morgan fingerprint density at radius 1 is 0.972 bits per heavy atom. The van der Waals surface area contributed by atoms with Crippen molar-refractivity contribution in [2.75, 3.05) is 0 Å². The van der Waals surface area contributed by atoms with Crippen molar-refractivity contribution < 1.29 is 57.0 Å². The molecule has 36 heavy (non-hydrogen) atoms. The normalized spacial score (nSPS) is 11.6. The maximum absolute atomic E-state index is 13.8. The number of carbonyl (C=O) groups is 1. The molecular formula is C27H17F4N2NaO2. The van der Waals surface area contributed by atoms with E-state index in [1.165, 1.54) is 18.2 Å². The van der Waals surface area contributed by atoms with Crippen LogP contribution in [-0.2, 0) is 13.2 Å². The van der Waals surface area contributed by atoms with Gasteiger partial charge in [-0.1, -0.05) is 30.3 Å². The van der Waals surface area contributed by atoms with Crippen LogP contribution in [0.2, 0.25) is 0 Å². The van der Waals surface area contributed by atoms with Crippen LogP contribution in [0.4, 0.5) is 17.6 Å². The molecule has 176 valence electrons. The summed E-state index contributed by atoms with van der Waals surface area (Å²) in [4.78, 5) is 16.6. The van der Waals surface area contributed by atoms with Gasteiger partial charge in [0.25, 0.3) is 0 Å². The number of fused-ring (bicyclic) bond motifs is 2. The zero-order valence-electron chi connectivity index (χ0n) is 19.6. The van der Waals surface area contributed by atoms with Crippen molar-refractivity contribution in [1.82, 2.24) is 9.55 Å². The van der Waals surface area contributed by atoms with Crippen molar-refractivity contribution in [3.63, 3.8) is 0 Å². The largest absolute Gasteiger partial charge is 1.00 e. The fraction of sp³-hybridized carbons (Fsp3) is 0.111. The first-order valence-corrected chi connectivity index (χ1v) is 10.6. The molecule has 9 heteroatoms. The monoisotopic (exact) mass is 500 g/mol. The van der Waals surface area contributed by atoms with Gasteiger partial charge in [0.2, 0.25) is 0 Å². The third kappa shape index (κ3) is 4.30. The van der Waals surface area contributed by atoms with E-state index in [-0.39, 0.29) is 46.0 Å². The van der Waals surface area contributed by atoms with Gasteiger partial charge in [0.1, 0.15) is 5.82 Å². The van der Waals surface area contributed by atoms with E-state index in [0.717, 1.165) is 18.2 Å². The molecule has 3 aromatic carbocycles. The van der Waals surface area contributed by atoms with E-state index in [4.69, 9.17) is 0 Å². The topological polar surface area (TPSA) is 58.0 Å². The predicted octanol–water partition coefficient (Wildman–Crippen LogP) is 2.89. The molecule has 0 atom stereocenters. The maximum Gasteiger partial charge on any atom is 1.00 e. The fourth-order valence-corrected chi connectivity index (χ4v) is 4.61. The van der Waals surface area contributed by atoms with Crippen LogP contribution in [0, 0.1) is 12.7 Å². The minimum Gasteiger partial charge on any atom is -0.545 e. The summed E-state index contributed by atoms with van der Waals surface area (Å²) in [7, 11) is 1.76. The van der Waals surface area contributed by atoms with E-state index in [1.807, 2.05) is 0 Å². The first-order chi connectivity index (χ1) is 16.6. The average molecular weight is 500 g/mol. The number of benzene rings is 3. The van der Waals surface area contributed by atoms with Gasteiger partial charge in [-0.15, -0.1) is 0 Å². The number of alkyl halides is 3. The molecule has 0 saturated carbocycles. The van der Waals surface area contributed by atoms with Crippen LogP contribution >= 0.6 is 0 Å². The van der Waals surface area contributed by atoms with Gasteiger partial charge < -0.3 is 14.5 Å². The Labute approximate surface area is 225 Å². The second kappa shape index (κ2) is 9.35. The van der Waals surface area contributed by atoms with Crippen LogP contribution in [0.15, 0.2) is 66.9 Å². The third-order valence-corrected chi connectivity index (χ3v) is 6.15. The van der Waals surface area contributed by atoms with E-state index < -0.39 is 23.5 Å². The van der Waals surface area contributed by atoms with Crippen molar-refractivity contribution >= 4 is 27.8 Å². The van der Waals surface area contributed by atoms with Crippen molar-refractivity contribution in [3.8, 4) is 22.4 Å². The molecule has 0 aliphatic heterocycles. The molecule has 0 saturated heterocycles. The van der Waals surface area contributed by atoms with Crippen LogP contribution < -0.4 is 34.7 Å². The Morgan fingerprint density at radius 3 is 2.39 bits per heavy atom. The summed E-state index contributed by atoms with van der Waals surface area (Å²) in [6, 6.07) is 14.1. The standard InChI is InChI=1S/C27H18F4N2O2.Na/c1-14-23(26(34)35)20-12-17(28)9-10-22(20)32-24(14)21-13-33(2)25-18(7-4-8-19(21)25)15-5-3-6-16(11-15)27(29,30)31;/h3-13H,1-2H3,(H,34,35);/q;+1/p-1. The molecule has 0 unspecified atom stereocenters. The molecule has 0 bridgehead atoms. The van der Waals surface area contributed by atoms with Gasteiger partial charge in [-0.3, -0.25) is 0 Å². The first-order valence-electron chi connectivity index (χ1n) is 10.6. The second-order valence-electron chi connectivity index (χ2n) is 8.34. The number of hydrogen-bond acceptors (Lipinski definition) is 3. The fourth-order valence-electron chi connectivity index (χ4n) is 4.61. The number of hydrogen-bond donors (Lipinski definition) is 0. The number of carbonyl (C=O) groups excluding carboxylic acids is 1. The Balaban J connectivity index is 0.00000304. The van der Waals surface area contributed by atoms with Gasteiger partial charge >= 0.3 is 35.7 Å². The molecular weight excluding hydrogens is 483 g/mol. The average Bonchev–Trinajstić information content (AvgIpc) is 3.14. The van der Waals surface area contributed by atoms with Crippen LogP contribution in [0.5, 0.6) is 0 Å². The quantitative estimate of drug-likeness (QED) is 0.283. The molecule has 0 fully saturated rings. The Hall–Kier alpha value is -3.20. The summed E-state index contributed by atoms with van der Waals surface area (Å²) >= 11 is 0. The zero-order chi connectivity index (χ0) is 25.1. The summed E-state index contributed by atoms with van der Waals surface area (Å²) in [5, 5.41) is 12.8. The Bertz CT molecular complexity index is 1660. The number of para-hydroxylation sites is 1. The summed E-state index contributed by atoms with van der Waals surface area (Å²) < 4.78 is 55.5. The maximum atomic E-state index is 13.8. The number of aromatic nitrogens is 2. The molecule has 0 spiro atoms. The number of aromatic carboxylic acids is 1. The van der Waals surface area contributed by atoms with E-state index in [9.17, 15) is 27.5 Å². The van der Waals surface area contributed by atoms with E-state index in [0.29, 0.717) is 38.9 Å². The van der Waals surface area contributed by atoms with Crippen molar-refractivity contribution in [1.29, 1.82) is 0 Å². The van der Waals surface area contributed by atoms with E-state index in [1.54, 1.807) is 49.0 Å². The van der Waals surface area contributed by atoms with Crippen LogP contribution in [0.25, 0.3) is 44.2 Å². The summed E-state index contributed by atoms with van der Waals surface area (Å²) in [5.41, 5.74) is 2.30. The van der Waals surface area contributed by atoms with Crippen LogP contribution in [-0.4, -0.2) is 15.5 Å². The van der Waals surface area contributed by atoms with Gasteiger partial charge in [-0.25, -0.2) is 9.37 Å². The number of pyridine rings is 1. The molecule has 0 radical (unpaired) electrons. The van der Waals surface area contributed by atoms with E-state index in [2.05, 4.69) is 4.98 Å². The third-order valence-electron chi connectivity index (χ3n) is 6.15. The molecule has 0 N–H and O–H groups in total. The van der Waals surface area contributed by atoms with Crippen LogP contribution in [0.3, 0.4) is 0 Å². The number of carboxylic acids is 1. The molecule has 2 aromatic heterocycles. The number of aryl methyl sites for hydroxylation is 1. The summed E-state index contributed by atoms with van der Waals surface area (Å²) in [6.07, 6.45) is -2.72. The van der Waals surface area contributed by atoms with E-state index >= 15 is 0 Å². The molecule has 2 heterocycles. The van der Waals surface area contributed by atoms with Crippen molar-refractivity contribution in [2.24, 2.45) is 7.05 Å². The molecule has 0 aliphatic rings. The minimum absolute atomic E-state index is 0.